The quantitative estimate of drug-likeness (QED) is 0.471. The molecule has 2 fully saturated rings. The molecule has 0 bridgehead atoms. The number of nitrogens with zero attached hydrogens (tertiary/aromatic N) is 5. The summed E-state index contributed by atoms with van der Waals surface area (Å²) >= 11 is 0. The summed E-state index contributed by atoms with van der Waals surface area (Å²) in [4.78, 5) is 50.3. The standard InChI is InChI=1S/C33H34FN5O3/c1-20-31(40)36(3)28-13-11-25(19-29(28)38(20)24-9-10-24)39-30(21-4-7-23(34)8-5-21)26-12-6-22(18-27(26)33(39)42)32(41)37-16-14-35(2)15-17-37/h4-8,11-13,18-20,24,30H,9-10,14-17H2,1-3H3. The molecule has 2 unspecified atom stereocenters. The van der Waals surface area contributed by atoms with Gasteiger partial charge in [0, 0.05) is 56.1 Å². The van der Waals surface area contributed by atoms with Gasteiger partial charge in [0.05, 0.1) is 17.4 Å². The van der Waals surface area contributed by atoms with Gasteiger partial charge in [0.25, 0.3) is 11.8 Å². The van der Waals surface area contributed by atoms with Crippen molar-refractivity contribution in [1.82, 2.24) is 9.80 Å². The first-order valence-electron chi connectivity index (χ1n) is 14.6. The first-order valence-corrected chi connectivity index (χ1v) is 14.6. The molecule has 216 valence electrons. The molecule has 0 spiro atoms. The first kappa shape index (κ1) is 26.6. The van der Waals surface area contributed by atoms with E-state index in [9.17, 15) is 18.8 Å². The second-order valence-electron chi connectivity index (χ2n) is 11.9. The monoisotopic (exact) mass is 567 g/mol. The number of halogens is 1. The Morgan fingerprint density at radius 3 is 2.26 bits per heavy atom. The molecule has 3 aliphatic heterocycles. The van der Waals surface area contributed by atoms with Crippen molar-refractivity contribution in [2.45, 2.75) is 37.9 Å². The molecule has 1 aliphatic carbocycles. The first-order chi connectivity index (χ1) is 20.2. The number of hydrogen-bond acceptors (Lipinski definition) is 5. The van der Waals surface area contributed by atoms with Crippen molar-refractivity contribution < 1.29 is 18.8 Å². The molecule has 0 N–H and O–H groups in total. The average molecular weight is 568 g/mol. The highest BCUT2D eigenvalue weighted by atomic mass is 19.1. The van der Waals surface area contributed by atoms with Gasteiger partial charge in [-0.2, -0.15) is 0 Å². The van der Waals surface area contributed by atoms with Gasteiger partial charge in [-0.3, -0.25) is 19.3 Å². The van der Waals surface area contributed by atoms with Gasteiger partial charge >= 0.3 is 0 Å². The number of rotatable bonds is 4. The summed E-state index contributed by atoms with van der Waals surface area (Å²) in [7, 11) is 3.83. The summed E-state index contributed by atoms with van der Waals surface area (Å²) in [6, 6.07) is 16.9. The van der Waals surface area contributed by atoms with E-state index in [-0.39, 0.29) is 29.6 Å². The third-order valence-electron chi connectivity index (χ3n) is 9.20. The number of fused-ring (bicyclic) bond motifs is 2. The zero-order chi connectivity index (χ0) is 29.3. The van der Waals surface area contributed by atoms with Crippen LogP contribution in [0.5, 0.6) is 0 Å². The lowest BCUT2D eigenvalue weighted by molar-refractivity contribution is -0.119. The zero-order valence-electron chi connectivity index (χ0n) is 24.1. The maximum absolute atomic E-state index is 14.3. The van der Waals surface area contributed by atoms with E-state index in [0.717, 1.165) is 48.4 Å². The van der Waals surface area contributed by atoms with E-state index >= 15 is 0 Å². The minimum absolute atomic E-state index is 0.0496. The number of anilines is 3. The number of likely N-dealkylation sites (N-methyl/N-ethyl adjacent to an activating group) is 2. The normalized spacial score (nSPS) is 22.5. The van der Waals surface area contributed by atoms with Crippen molar-refractivity contribution >= 4 is 34.8 Å². The summed E-state index contributed by atoms with van der Waals surface area (Å²) in [5.41, 5.74) is 4.95. The average Bonchev–Trinajstić information content (AvgIpc) is 3.79. The topological polar surface area (TPSA) is 67.4 Å². The van der Waals surface area contributed by atoms with E-state index in [1.165, 1.54) is 12.1 Å². The van der Waals surface area contributed by atoms with E-state index in [4.69, 9.17) is 0 Å². The number of hydrogen-bond donors (Lipinski definition) is 0. The lowest BCUT2D eigenvalue weighted by Crippen LogP contribution is -2.51. The lowest BCUT2D eigenvalue weighted by Gasteiger charge is -2.41. The fourth-order valence-electron chi connectivity index (χ4n) is 6.68. The van der Waals surface area contributed by atoms with Gasteiger partial charge < -0.3 is 19.6 Å². The second kappa shape index (κ2) is 9.94. The van der Waals surface area contributed by atoms with Crippen LogP contribution in [0.4, 0.5) is 21.5 Å². The molecule has 2 atom stereocenters. The van der Waals surface area contributed by atoms with Crippen LogP contribution in [0.3, 0.4) is 0 Å². The number of amides is 3. The van der Waals surface area contributed by atoms with Crippen LogP contribution in [0.25, 0.3) is 0 Å². The van der Waals surface area contributed by atoms with Crippen molar-refractivity contribution in [3.05, 3.63) is 88.7 Å². The van der Waals surface area contributed by atoms with E-state index < -0.39 is 6.04 Å². The van der Waals surface area contributed by atoms with Crippen LogP contribution in [-0.2, 0) is 4.79 Å². The second-order valence-corrected chi connectivity index (χ2v) is 11.9. The predicted octanol–water partition coefficient (Wildman–Crippen LogP) is 4.30. The number of carbonyl (C=O) groups excluding carboxylic acids is 3. The molecule has 8 nitrogen and oxygen atoms in total. The van der Waals surface area contributed by atoms with E-state index in [1.54, 1.807) is 41.1 Å². The summed E-state index contributed by atoms with van der Waals surface area (Å²) in [6.45, 7) is 4.85. The van der Waals surface area contributed by atoms with Gasteiger partial charge in [-0.1, -0.05) is 18.2 Å². The molecule has 42 heavy (non-hydrogen) atoms. The SMILES string of the molecule is CC1C(=O)N(C)c2ccc(N3C(=O)c4cc(C(=O)N5CCN(C)CC5)ccc4C3c3ccc(F)cc3)cc2N1C1CC1. The minimum atomic E-state index is -0.492. The van der Waals surface area contributed by atoms with Gasteiger partial charge in [-0.15, -0.1) is 0 Å². The van der Waals surface area contributed by atoms with E-state index in [0.29, 0.717) is 35.9 Å². The molecule has 0 radical (unpaired) electrons. The highest BCUT2D eigenvalue weighted by molar-refractivity contribution is 6.14. The molecule has 1 saturated heterocycles. The van der Waals surface area contributed by atoms with Gasteiger partial charge in [-0.25, -0.2) is 4.39 Å². The molecule has 7 rings (SSSR count). The minimum Gasteiger partial charge on any atom is -0.355 e. The molecule has 4 aliphatic rings. The van der Waals surface area contributed by atoms with Gasteiger partial charge in [0.2, 0.25) is 5.91 Å². The van der Waals surface area contributed by atoms with Crippen LogP contribution in [0.15, 0.2) is 60.7 Å². The Balaban J connectivity index is 1.31. The molecule has 3 amide bonds. The van der Waals surface area contributed by atoms with Crippen molar-refractivity contribution in [2.24, 2.45) is 0 Å². The Morgan fingerprint density at radius 2 is 1.57 bits per heavy atom. The Bertz CT molecular complexity index is 1600. The predicted molar refractivity (Wildman–Crippen MR) is 160 cm³/mol. The largest absolute Gasteiger partial charge is 0.355 e. The molecular formula is C33H34FN5O3. The molecular weight excluding hydrogens is 533 g/mol. The summed E-state index contributed by atoms with van der Waals surface area (Å²) in [5.74, 6) is -0.586. The Morgan fingerprint density at radius 1 is 0.857 bits per heavy atom. The van der Waals surface area contributed by atoms with Crippen molar-refractivity contribution in [2.75, 3.05) is 55.0 Å². The third kappa shape index (κ3) is 4.26. The third-order valence-corrected chi connectivity index (χ3v) is 9.20. The molecule has 3 aromatic carbocycles. The Labute approximate surface area is 244 Å². The summed E-state index contributed by atoms with van der Waals surface area (Å²) in [6.07, 6.45) is 2.06. The fraction of sp³-hybridized carbons (Fsp3) is 0.364. The molecule has 3 aromatic rings. The molecule has 9 heteroatoms. The lowest BCUT2D eigenvalue weighted by atomic mass is 9.96. The maximum atomic E-state index is 14.3. The zero-order valence-corrected chi connectivity index (χ0v) is 24.1. The van der Waals surface area contributed by atoms with Crippen molar-refractivity contribution in [1.29, 1.82) is 0 Å². The number of piperazine rings is 1. The summed E-state index contributed by atoms with van der Waals surface area (Å²) in [5, 5.41) is 0. The van der Waals surface area contributed by atoms with Crippen LogP contribution in [0, 0.1) is 5.82 Å². The Kier molecular flexibility index (Phi) is 6.31. The van der Waals surface area contributed by atoms with Gasteiger partial charge in [-0.05, 0) is 80.4 Å². The van der Waals surface area contributed by atoms with E-state index in [1.807, 2.05) is 43.1 Å². The van der Waals surface area contributed by atoms with Crippen molar-refractivity contribution in [3.8, 4) is 0 Å². The Hall–Kier alpha value is -4.24. The molecule has 1 saturated carbocycles. The van der Waals surface area contributed by atoms with Crippen LogP contribution in [0.2, 0.25) is 0 Å². The summed E-state index contributed by atoms with van der Waals surface area (Å²) < 4.78 is 14.0. The maximum Gasteiger partial charge on any atom is 0.259 e. The van der Waals surface area contributed by atoms with E-state index in [2.05, 4.69) is 9.80 Å². The van der Waals surface area contributed by atoms with Crippen LogP contribution in [0.1, 0.15) is 57.7 Å². The number of benzene rings is 3. The molecule has 0 aromatic heterocycles. The van der Waals surface area contributed by atoms with Gasteiger partial charge in [0.15, 0.2) is 0 Å². The van der Waals surface area contributed by atoms with Crippen LogP contribution >= 0.6 is 0 Å². The van der Waals surface area contributed by atoms with Crippen LogP contribution in [-0.4, -0.2) is 79.9 Å². The van der Waals surface area contributed by atoms with Crippen LogP contribution < -0.4 is 14.7 Å². The van der Waals surface area contributed by atoms with Gasteiger partial charge in [0.1, 0.15) is 11.9 Å². The highest BCUT2D eigenvalue weighted by Crippen LogP contribution is 2.47. The molecule has 3 heterocycles. The van der Waals surface area contributed by atoms with Crippen molar-refractivity contribution in [3.63, 3.8) is 0 Å². The highest BCUT2D eigenvalue weighted by Gasteiger charge is 2.44. The smallest absolute Gasteiger partial charge is 0.259 e. The fourth-order valence-corrected chi connectivity index (χ4v) is 6.68. The number of carbonyl (C=O) groups is 3.